The van der Waals surface area contributed by atoms with E-state index in [9.17, 15) is 9.59 Å². The van der Waals surface area contributed by atoms with Gasteiger partial charge in [0.1, 0.15) is 0 Å². The molecule has 1 aromatic rings. The highest BCUT2D eigenvalue weighted by Crippen LogP contribution is 2.50. The fraction of sp³-hybridized carbons (Fsp3) is 0.429. The summed E-state index contributed by atoms with van der Waals surface area (Å²) in [5.74, 6) is -0.318. The Kier molecular flexibility index (Phi) is 3.36. The van der Waals surface area contributed by atoms with E-state index in [4.69, 9.17) is 4.74 Å². The van der Waals surface area contributed by atoms with Gasteiger partial charge in [-0.25, -0.2) is 0 Å². The molecule has 1 aliphatic rings. The number of carbonyl (C=O) groups excluding carboxylic acids is 2. The Labute approximate surface area is 107 Å². The molecule has 18 heavy (non-hydrogen) atoms. The zero-order valence-corrected chi connectivity index (χ0v) is 10.7. The lowest BCUT2D eigenvalue weighted by Crippen LogP contribution is -2.31. The van der Waals surface area contributed by atoms with Gasteiger partial charge in [0, 0.05) is 19.2 Å². The summed E-state index contributed by atoms with van der Waals surface area (Å²) >= 11 is 0. The van der Waals surface area contributed by atoms with Gasteiger partial charge in [-0.3, -0.25) is 9.59 Å². The Balaban J connectivity index is 2.03. The van der Waals surface area contributed by atoms with Gasteiger partial charge in [0.25, 0.3) is 0 Å². The van der Waals surface area contributed by atoms with Crippen LogP contribution in [0.2, 0.25) is 0 Å². The van der Waals surface area contributed by atoms with Crippen molar-refractivity contribution in [2.24, 2.45) is 5.41 Å². The number of carbonyl (C=O) groups is 2. The highest BCUT2D eigenvalue weighted by atomic mass is 16.5. The number of esters is 1. The molecular weight excluding hydrogens is 230 g/mol. The average molecular weight is 247 g/mol. The SMILES string of the molecule is COC(=O)C1(CC(=O)N(C)c2ccccc2)CC1. The third-order valence-electron chi connectivity index (χ3n) is 3.48. The van der Waals surface area contributed by atoms with Gasteiger partial charge in [0.05, 0.1) is 12.5 Å². The maximum Gasteiger partial charge on any atom is 0.312 e. The zero-order chi connectivity index (χ0) is 13.2. The van der Waals surface area contributed by atoms with E-state index in [2.05, 4.69) is 0 Å². The van der Waals surface area contributed by atoms with Crippen LogP contribution in [-0.2, 0) is 14.3 Å². The van der Waals surface area contributed by atoms with E-state index in [0.717, 1.165) is 18.5 Å². The molecule has 0 radical (unpaired) electrons. The number of anilines is 1. The summed E-state index contributed by atoms with van der Waals surface area (Å²) in [6, 6.07) is 9.41. The van der Waals surface area contributed by atoms with Gasteiger partial charge in [-0.05, 0) is 25.0 Å². The molecule has 0 N–H and O–H groups in total. The molecule has 1 amide bonds. The first-order valence-corrected chi connectivity index (χ1v) is 5.99. The van der Waals surface area contributed by atoms with Crippen molar-refractivity contribution in [3.8, 4) is 0 Å². The molecule has 1 saturated carbocycles. The second-order valence-electron chi connectivity index (χ2n) is 4.74. The smallest absolute Gasteiger partial charge is 0.312 e. The van der Waals surface area contributed by atoms with Crippen LogP contribution in [-0.4, -0.2) is 26.0 Å². The number of rotatable bonds is 4. The Morgan fingerprint density at radius 2 is 1.89 bits per heavy atom. The van der Waals surface area contributed by atoms with E-state index >= 15 is 0 Å². The molecular formula is C14H17NO3. The third-order valence-corrected chi connectivity index (χ3v) is 3.48. The van der Waals surface area contributed by atoms with E-state index in [0.29, 0.717) is 0 Å². The summed E-state index contributed by atoms with van der Waals surface area (Å²) in [7, 11) is 3.10. The number of methoxy groups -OCH3 is 1. The van der Waals surface area contributed by atoms with Crippen LogP contribution in [0.4, 0.5) is 5.69 Å². The van der Waals surface area contributed by atoms with E-state index < -0.39 is 5.41 Å². The van der Waals surface area contributed by atoms with Gasteiger partial charge in [-0.1, -0.05) is 18.2 Å². The van der Waals surface area contributed by atoms with Crippen molar-refractivity contribution < 1.29 is 14.3 Å². The van der Waals surface area contributed by atoms with Crippen molar-refractivity contribution in [3.05, 3.63) is 30.3 Å². The maximum atomic E-state index is 12.1. The number of hydrogen-bond acceptors (Lipinski definition) is 3. The molecule has 1 aromatic carbocycles. The number of amides is 1. The summed E-state index contributed by atoms with van der Waals surface area (Å²) in [5.41, 5.74) is 0.276. The highest BCUT2D eigenvalue weighted by molar-refractivity contribution is 5.97. The van der Waals surface area contributed by atoms with Crippen molar-refractivity contribution in [2.75, 3.05) is 19.1 Å². The normalized spacial score (nSPS) is 15.9. The highest BCUT2D eigenvalue weighted by Gasteiger charge is 2.52. The average Bonchev–Trinajstić information content (AvgIpc) is 3.18. The first-order valence-electron chi connectivity index (χ1n) is 5.99. The Hall–Kier alpha value is -1.84. The molecule has 4 heteroatoms. The molecule has 4 nitrogen and oxygen atoms in total. The molecule has 0 aliphatic heterocycles. The van der Waals surface area contributed by atoms with Crippen LogP contribution < -0.4 is 4.90 Å². The van der Waals surface area contributed by atoms with Crippen LogP contribution in [0.1, 0.15) is 19.3 Å². The second kappa shape index (κ2) is 4.80. The number of nitrogens with zero attached hydrogens (tertiary/aromatic N) is 1. The van der Waals surface area contributed by atoms with Gasteiger partial charge in [0.15, 0.2) is 0 Å². The van der Waals surface area contributed by atoms with Crippen molar-refractivity contribution in [2.45, 2.75) is 19.3 Å². The summed E-state index contributed by atoms with van der Waals surface area (Å²) in [6.45, 7) is 0. The quantitative estimate of drug-likeness (QED) is 0.764. The van der Waals surface area contributed by atoms with Crippen molar-refractivity contribution in [1.29, 1.82) is 0 Å². The van der Waals surface area contributed by atoms with Gasteiger partial charge in [-0.15, -0.1) is 0 Å². The predicted molar refractivity (Wildman–Crippen MR) is 68.2 cm³/mol. The van der Waals surface area contributed by atoms with E-state index in [1.807, 2.05) is 30.3 Å². The topological polar surface area (TPSA) is 46.6 Å². The first kappa shape index (κ1) is 12.6. The molecule has 0 spiro atoms. The summed E-state index contributed by atoms with van der Waals surface area (Å²) < 4.78 is 4.75. The zero-order valence-electron chi connectivity index (χ0n) is 10.7. The van der Waals surface area contributed by atoms with Gasteiger partial charge in [0.2, 0.25) is 5.91 Å². The monoisotopic (exact) mass is 247 g/mol. The lowest BCUT2D eigenvalue weighted by molar-refractivity contribution is -0.148. The van der Waals surface area contributed by atoms with Gasteiger partial charge in [-0.2, -0.15) is 0 Å². The van der Waals surface area contributed by atoms with Crippen LogP contribution in [0.5, 0.6) is 0 Å². The minimum absolute atomic E-state index is 0.0518. The van der Waals surface area contributed by atoms with Crippen LogP contribution >= 0.6 is 0 Å². The largest absolute Gasteiger partial charge is 0.469 e. The molecule has 1 aliphatic carbocycles. The van der Waals surface area contributed by atoms with Crippen LogP contribution in [0.15, 0.2) is 30.3 Å². The molecule has 0 bridgehead atoms. The Morgan fingerprint density at radius 1 is 1.28 bits per heavy atom. The number of hydrogen-bond donors (Lipinski definition) is 0. The molecule has 0 aromatic heterocycles. The van der Waals surface area contributed by atoms with Crippen molar-refractivity contribution >= 4 is 17.6 Å². The molecule has 1 fully saturated rings. The van der Waals surface area contributed by atoms with Gasteiger partial charge >= 0.3 is 5.97 Å². The Bertz CT molecular complexity index is 451. The van der Waals surface area contributed by atoms with E-state index in [-0.39, 0.29) is 18.3 Å². The lowest BCUT2D eigenvalue weighted by atomic mass is 10.0. The fourth-order valence-electron chi connectivity index (χ4n) is 2.02. The van der Waals surface area contributed by atoms with Crippen LogP contribution in [0, 0.1) is 5.41 Å². The molecule has 2 rings (SSSR count). The van der Waals surface area contributed by atoms with Crippen molar-refractivity contribution in [3.63, 3.8) is 0 Å². The maximum absolute atomic E-state index is 12.1. The number of benzene rings is 1. The van der Waals surface area contributed by atoms with Crippen LogP contribution in [0.3, 0.4) is 0 Å². The minimum atomic E-state index is -0.561. The van der Waals surface area contributed by atoms with E-state index in [1.54, 1.807) is 11.9 Å². The Morgan fingerprint density at radius 3 is 2.39 bits per heavy atom. The molecule has 0 saturated heterocycles. The molecule has 0 atom stereocenters. The van der Waals surface area contributed by atoms with Crippen molar-refractivity contribution in [1.82, 2.24) is 0 Å². The number of ether oxygens (including phenoxy) is 1. The second-order valence-corrected chi connectivity index (χ2v) is 4.74. The van der Waals surface area contributed by atoms with E-state index in [1.165, 1.54) is 7.11 Å². The van der Waals surface area contributed by atoms with Gasteiger partial charge < -0.3 is 9.64 Å². The molecule has 0 unspecified atom stereocenters. The molecule has 0 heterocycles. The third kappa shape index (κ3) is 2.37. The first-order chi connectivity index (χ1) is 8.59. The lowest BCUT2D eigenvalue weighted by Gasteiger charge is -2.20. The standard InChI is InChI=1S/C14H17NO3/c1-15(11-6-4-3-5-7-11)12(16)10-14(8-9-14)13(17)18-2/h3-7H,8-10H2,1-2H3. The minimum Gasteiger partial charge on any atom is -0.469 e. The summed E-state index contributed by atoms with van der Waals surface area (Å²) in [4.78, 5) is 25.3. The fourth-order valence-corrected chi connectivity index (χ4v) is 2.02. The number of para-hydroxylation sites is 1. The summed E-state index contributed by atoms with van der Waals surface area (Å²) in [5, 5.41) is 0. The summed E-state index contributed by atoms with van der Waals surface area (Å²) in [6.07, 6.45) is 1.72. The predicted octanol–water partition coefficient (Wildman–Crippen LogP) is 1.99. The molecule has 96 valence electrons. The van der Waals surface area contributed by atoms with Crippen LogP contribution in [0.25, 0.3) is 0 Å².